The van der Waals surface area contributed by atoms with E-state index in [9.17, 15) is 9.59 Å². The minimum absolute atomic E-state index is 0.0111. The number of amides is 1. The van der Waals surface area contributed by atoms with E-state index in [1.807, 2.05) is 12.1 Å². The number of anilines is 1. The molecule has 2 rings (SSSR count). The Morgan fingerprint density at radius 2 is 2.35 bits per heavy atom. The molecular formula is C12H15N3O2. The van der Waals surface area contributed by atoms with Gasteiger partial charge in [0, 0.05) is 18.5 Å². The molecule has 1 aromatic carbocycles. The van der Waals surface area contributed by atoms with Crippen LogP contribution in [0.25, 0.3) is 0 Å². The van der Waals surface area contributed by atoms with Crippen LogP contribution in [0.2, 0.25) is 0 Å². The van der Waals surface area contributed by atoms with Crippen LogP contribution in [0.1, 0.15) is 16.8 Å². The zero-order chi connectivity index (χ0) is 12.3. The standard InChI is InChI=1S/C12H15N3O2/c1-13-8-11(16)9-3-2-4-10(7-9)15-6-5-12(17)14-15/h2-4,7,13H,5-6,8H2,1H3,(H,14,17). The van der Waals surface area contributed by atoms with Crippen molar-refractivity contribution in [2.24, 2.45) is 0 Å². The molecule has 0 bridgehead atoms. The Morgan fingerprint density at radius 3 is 3.00 bits per heavy atom. The van der Waals surface area contributed by atoms with Gasteiger partial charge in [-0.2, -0.15) is 0 Å². The molecule has 1 heterocycles. The molecule has 5 heteroatoms. The third kappa shape index (κ3) is 2.62. The fourth-order valence-corrected chi connectivity index (χ4v) is 1.78. The summed E-state index contributed by atoms with van der Waals surface area (Å²) < 4.78 is 0. The molecule has 0 saturated carbocycles. The summed E-state index contributed by atoms with van der Waals surface area (Å²) in [5.41, 5.74) is 4.23. The van der Waals surface area contributed by atoms with Crippen LogP contribution >= 0.6 is 0 Å². The van der Waals surface area contributed by atoms with Crippen molar-refractivity contribution in [2.75, 3.05) is 25.1 Å². The third-order valence-electron chi connectivity index (χ3n) is 2.64. The first-order valence-electron chi connectivity index (χ1n) is 5.55. The normalized spacial score (nSPS) is 14.9. The molecule has 0 atom stereocenters. The first-order chi connectivity index (χ1) is 8.20. The van der Waals surface area contributed by atoms with Crippen LogP contribution in [0.5, 0.6) is 0 Å². The minimum Gasteiger partial charge on any atom is -0.313 e. The molecule has 1 amide bonds. The second-order valence-corrected chi connectivity index (χ2v) is 3.94. The summed E-state index contributed by atoms with van der Waals surface area (Å²) in [6, 6.07) is 7.27. The van der Waals surface area contributed by atoms with Gasteiger partial charge in [-0.1, -0.05) is 12.1 Å². The summed E-state index contributed by atoms with van der Waals surface area (Å²) in [6.45, 7) is 0.957. The summed E-state index contributed by atoms with van der Waals surface area (Å²) >= 11 is 0. The Morgan fingerprint density at radius 1 is 1.53 bits per heavy atom. The van der Waals surface area contributed by atoms with Gasteiger partial charge in [0.15, 0.2) is 5.78 Å². The monoisotopic (exact) mass is 233 g/mol. The molecule has 17 heavy (non-hydrogen) atoms. The maximum atomic E-state index is 11.7. The summed E-state index contributed by atoms with van der Waals surface area (Å²) in [6.07, 6.45) is 0.495. The maximum absolute atomic E-state index is 11.7. The van der Waals surface area contributed by atoms with Gasteiger partial charge >= 0.3 is 0 Å². The van der Waals surface area contributed by atoms with E-state index < -0.39 is 0 Å². The number of hydrogen-bond acceptors (Lipinski definition) is 4. The van der Waals surface area contributed by atoms with Gasteiger partial charge in [-0.15, -0.1) is 0 Å². The van der Waals surface area contributed by atoms with E-state index in [1.165, 1.54) is 0 Å². The maximum Gasteiger partial charge on any atom is 0.240 e. The summed E-state index contributed by atoms with van der Waals surface area (Å²) in [4.78, 5) is 22.8. The number of hydrogen-bond donors (Lipinski definition) is 2. The van der Waals surface area contributed by atoms with E-state index in [1.54, 1.807) is 24.2 Å². The number of rotatable bonds is 4. The molecule has 0 spiro atoms. The number of benzene rings is 1. The average molecular weight is 233 g/mol. The largest absolute Gasteiger partial charge is 0.313 e. The van der Waals surface area contributed by atoms with Crippen LogP contribution < -0.4 is 15.8 Å². The van der Waals surface area contributed by atoms with Crippen molar-refractivity contribution in [1.29, 1.82) is 0 Å². The number of likely N-dealkylation sites (N-methyl/N-ethyl adjacent to an activating group) is 1. The van der Waals surface area contributed by atoms with Crippen molar-refractivity contribution >= 4 is 17.4 Å². The highest BCUT2D eigenvalue weighted by molar-refractivity contribution is 5.98. The average Bonchev–Trinajstić information content (AvgIpc) is 2.76. The number of hydrazine groups is 1. The van der Waals surface area contributed by atoms with Crippen LogP contribution in [0, 0.1) is 0 Å². The van der Waals surface area contributed by atoms with Gasteiger partial charge in [0.2, 0.25) is 5.91 Å². The predicted molar refractivity (Wildman–Crippen MR) is 64.8 cm³/mol. The van der Waals surface area contributed by atoms with Crippen LogP contribution in [0.15, 0.2) is 24.3 Å². The van der Waals surface area contributed by atoms with Gasteiger partial charge in [0.1, 0.15) is 0 Å². The quantitative estimate of drug-likeness (QED) is 0.736. The number of Topliss-reactive ketones (excluding diaryl/α,β-unsaturated/α-hetero) is 1. The van der Waals surface area contributed by atoms with Crippen molar-refractivity contribution in [3.8, 4) is 0 Å². The van der Waals surface area contributed by atoms with Crippen LogP contribution in [0.3, 0.4) is 0 Å². The molecule has 1 saturated heterocycles. The molecule has 5 nitrogen and oxygen atoms in total. The summed E-state index contributed by atoms with van der Waals surface area (Å²) in [5, 5.41) is 4.59. The van der Waals surface area contributed by atoms with Gasteiger partial charge in [-0.05, 0) is 19.2 Å². The van der Waals surface area contributed by atoms with Crippen molar-refractivity contribution in [3.05, 3.63) is 29.8 Å². The first-order valence-corrected chi connectivity index (χ1v) is 5.55. The van der Waals surface area contributed by atoms with Crippen LogP contribution in [-0.4, -0.2) is 31.8 Å². The lowest BCUT2D eigenvalue weighted by atomic mass is 10.1. The van der Waals surface area contributed by atoms with Crippen LogP contribution in [0.4, 0.5) is 5.69 Å². The number of nitrogens with one attached hydrogen (secondary N) is 2. The van der Waals surface area contributed by atoms with Crippen LogP contribution in [-0.2, 0) is 4.79 Å². The van der Waals surface area contributed by atoms with Crippen molar-refractivity contribution in [3.63, 3.8) is 0 Å². The second-order valence-electron chi connectivity index (χ2n) is 3.94. The molecule has 0 unspecified atom stereocenters. The topological polar surface area (TPSA) is 61.4 Å². The summed E-state index contributed by atoms with van der Waals surface area (Å²) in [7, 11) is 1.74. The molecule has 0 aromatic heterocycles. The van der Waals surface area contributed by atoms with Gasteiger partial charge < -0.3 is 5.32 Å². The Bertz CT molecular complexity index is 445. The predicted octanol–water partition coefficient (Wildman–Crippen LogP) is 0.330. The van der Waals surface area contributed by atoms with E-state index in [0.717, 1.165) is 5.69 Å². The zero-order valence-corrected chi connectivity index (χ0v) is 9.69. The highest BCUT2D eigenvalue weighted by Crippen LogP contribution is 2.17. The Kier molecular flexibility index (Phi) is 3.39. The highest BCUT2D eigenvalue weighted by Gasteiger charge is 2.19. The number of carbonyl (C=O) groups excluding carboxylic acids is 2. The van der Waals surface area contributed by atoms with Gasteiger partial charge in [0.05, 0.1) is 12.2 Å². The molecule has 1 aliphatic rings. The third-order valence-corrected chi connectivity index (χ3v) is 2.64. The number of carbonyl (C=O) groups is 2. The molecule has 90 valence electrons. The Hall–Kier alpha value is -1.88. The lowest BCUT2D eigenvalue weighted by molar-refractivity contribution is -0.119. The zero-order valence-electron chi connectivity index (χ0n) is 9.69. The van der Waals surface area contributed by atoms with E-state index in [0.29, 0.717) is 25.1 Å². The smallest absolute Gasteiger partial charge is 0.240 e. The van der Waals surface area contributed by atoms with Crippen molar-refractivity contribution in [1.82, 2.24) is 10.7 Å². The minimum atomic E-state index is 0.0111. The lowest BCUT2D eigenvalue weighted by Crippen LogP contribution is -2.33. The SMILES string of the molecule is CNCC(=O)c1cccc(N2CCC(=O)N2)c1. The van der Waals surface area contributed by atoms with E-state index in [4.69, 9.17) is 0 Å². The number of nitrogens with zero attached hydrogens (tertiary/aromatic N) is 1. The fourth-order valence-electron chi connectivity index (χ4n) is 1.78. The lowest BCUT2D eigenvalue weighted by Gasteiger charge is -2.17. The van der Waals surface area contributed by atoms with Gasteiger partial charge in [-0.25, -0.2) is 0 Å². The van der Waals surface area contributed by atoms with E-state index >= 15 is 0 Å². The molecule has 1 fully saturated rings. The van der Waals surface area contributed by atoms with E-state index in [-0.39, 0.29) is 11.7 Å². The Labute approximate surface area is 99.8 Å². The van der Waals surface area contributed by atoms with Gasteiger partial charge in [0.25, 0.3) is 0 Å². The highest BCUT2D eigenvalue weighted by atomic mass is 16.2. The van der Waals surface area contributed by atoms with Crippen molar-refractivity contribution < 1.29 is 9.59 Å². The molecule has 1 aromatic rings. The summed E-state index contributed by atoms with van der Waals surface area (Å²) in [5.74, 6) is 0.0526. The molecule has 0 aliphatic carbocycles. The fraction of sp³-hybridized carbons (Fsp3) is 0.333. The molecular weight excluding hydrogens is 218 g/mol. The van der Waals surface area contributed by atoms with Crippen molar-refractivity contribution in [2.45, 2.75) is 6.42 Å². The molecule has 2 N–H and O–H groups in total. The molecule has 0 radical (unpaired) electrons. The first kappa shape index (κ1) is 11.6. The van der Waals surface area contributed by atoms with Gasteiger partial charge in [-0.3, -0.25) is 20.0 Å². The molecule has 1 aliphatic heterocycles. The second kappa shape index (κ2) is 4.97. The Balaban J connectivity index is 2.16. The number of ketones is 1. The van der Waals surface area contributed by atoms with E-state index in [2.05, 4.69) is 10.7 Å².